The van der Waals surface area contributed by atoms with Crippen LogP contribution in [0.1, 0.15) is 33.2 Å². The second-order valence-electron chi connectivity index (χ2n) is 7.45. The lowest BCUT2D eigenvalue weighted by molar-refractivity contribution is 0.0988. The number of nitrogens with one attached hydrogen (secondary N) is 1. The van der Waals surface area contributed by atoms with Gasteiger partial charge in [-0.15, -0.1) is 0 Å². The zero-order valence-corrected chi connectivity index (χ0v) is 17.9. The summed E-state index contributed by atoms with van der Waals surface area (Å²) in [5, 5.41) is 8.29. The Bertz CT molecular complexity index is 1300. The number of aromatic amines is 1. The van der Waals surface area contributed by atoms with E-state index in [0.717, 1.165) is 16.7 Å². The van der Waals surface area contributed by atoms with Gasteiger partial charge < -0.3 is 0 Å². The van der Waals surface area contributed by atoms with Crippen LogP contribution in [0.3, 0.4) is 0 Å². The second kappa shape index (κ2) is 7.52. The first kappa shape index (κ1) is 19.8. The fourth-order valence-electron chi connectivity index (χ4n) is 3.96. The molecule has 5 rings (SSSR count). The number of rotatable bonds is 3. The monoisotopic (exact) mass is 451 g/mol. The number of fused-ring (bicyclic) bond motifs is 1. The van der Waals surface area contributed by atoms with Crippen LogP contribution in [0.5, 0.6) is 0 Å². The highest BCUT2D eigenvalue weighted by atomic mass is 35.5. The van der Waals surface area contributed by atoms with Gasteiger partial charge in [0.05, 0.1) is 11.7 Å². The highest BCUT2D eigenvalue weighted by molar-refractivity contribution is 6.35. The van der Waals surface area contributed by atoms with E-state index in [1.807, 2.05) is 31.2 Å². The van der Waals surface area contributed by atoms with Crippen molar-refractivity contribution in [2.75, 3.05) is 4.90 Å². The van der Waals surface area contributed by atoms with Gasteiger partial charge in [-0.05, 0) is 48.9 Å². The van der Waals surface area contributed by atoms with E-state index in [2.05, 4.69) is 10.2 Å². The average molecular weight is 452 g/mol. The summed E-state index contributed by atoms with van der Waals surface area (Å²) in [4.78, 5) is 15.0. The lowest BCUT2D eigenvalue weighted by atomic mass is 9.95. The van der Waals surface area contributed by atoms with Gasteiger partial charge in [0.1, 0.15) is 11.5 Å². The minimum Gasteiger partial charge on any atom is -0.295 e. The number of carbonyl (C=O) groups is 1. The topological polar surface area (TPSA) is 49.0 Å². The lowest BCUT2D eigenvalue weighted by Crippen LogP contribution is -2.29. The highest BCUT2D eigenvalue weighted by Crippen LogP contribution is 2.46. The molecule has 0 radical (unpaired) electrons. The predicted molar refractivity (Wildman–Crippen MR) is 120 cm³/mol. The van der Waals surface area contributed by atoms with Gasteiger partial charge in [-0.3, -0.25) is 14.8 Å². The normalized spacial score (nSPS) is 15.4. The molecule has 0 fully saturated rings. The number of amides is 1. The number of aromatic nitrogens is 2. The molecule has 31 heavy (non-hydrogen) atoms. The fraction of sp³-hybridized carbons (Fsp3) is 0.0833. The molecule has 0 spiro atoms. The summed E-state index contributed by atoms with van der Waals surface area (Å²) in [5.41, 5.74) is 5.05. The first-order valence-electron chi connectivity index (χ1n) is 9.63. The maximum absolute atomic E-state index is 13.6. The minimum absolute atomic E-state index is 0.261. The van der Waals surface area contributed by atoms with Gasteiger partial charge in [-0.2, -0.15) is 5.10 Å². The number of hydrogen-bond acceptors (Lipinski definition) is 2. The average Bonchev–Trinajstić information content (AvgIpc) is 3.29. The van der Waals surface area contributed by atoms with Crippen LogP contribution < -0.4 is 4.90 Å². The van der Waals surface area contributed by atoms with E-state index >= 15 is 0 Å². The Labute approximate surface area is 188 Å². The van der Waals surface area contributed by atoms with E-state index in [4.69, 9.17) is 23.2 Å². The minimum atomic E-state index is -0.548. The molecule has 1 aromatic heterocycles. The molecule has 1 atom stereocenters. The molecule has 4 nitrogen and oxygen atoms in total. The summed E-state index contributed by atoms with van der Waals surface area (Å²) in [6, 6.07) is 18.4. The summed E-state index contributed by atoms with van der Waals surface area (Å²) in [6.07, 6.45) is 0. The first-order valence-corrected chi connectivity index (χ1v) is 10.4. The Morgan fingerprint density at radius 2 is 1.71 bits per heavy atom. The first-order chi connectivity index (χ1) is 14.9. The summed E-state index contributed by atoms with van der Waals surface area (Å²) < 4.78 is 13.6. The summed E-state index contributed by atoms with van der Waals surface area (Å²) in [5.74, 6) is -0.638. The molecule has 1 aliphatic rings. The van der Waals surface area contributed by atoms with Gasteiger partial charge in [0, 0.05) is 26.9 Å². The van der Waals surface area contributed by atoms with Gasteiger partial charge in [-0.25, -0.2) is 4.39 Å². The van der Waals surface area contributed by atoms with Crippen molar-refractivity contribution in [1.29, 1.82) is 0 Å². The van der Waals surface area contributed by atoms with Crippen molar-refractivity contribution in [3.05, 3.63) is 105 Å². The lowest BCUT2D eigenvalue weighted by Gasteiger charge is -2.27. The van der Waals surface area contributed by atoms with Crippen LogP contribution in [0.4, 0.5) is 10.1 Å². The molecule has 2 heterocycles. The molecule has 0 bridgehead atoms. The number of hydrogen-bond donors (Lipinski definition) is 1. The molecule has 3 aromatic carbocycles. The van der Waals surface area contributed by atoms with Gasteiger partial charge in [0.25, 0.3) is 5.91 Å². The van der Waals surface area contributed by atoms with Crippen LogP contribution in [0.25, 0.3) is 11.3 Å². The van der Waals surface area contributed by atoms with Crippen LogP contribution in [0.2, 0.25) is 10.0 Å². The number of aryl methyl sites for hydroxylation is 1. The quantitative estimate of drug-likeness (QED) is 0.382. The number of carbonyl (C=O) groups excluding carboxylic acids is 1. The van der Waals surface area contributed by atoms with E-state index in [1.165, 1.54) is 12.1 Å². The van der Waals surface area contributed by atoms with Crippen LogP contribution in [0.15, 0.2) is 66.7 Å². The van der Waals surface area contributed by atoms with E-state index in [1.54, 1.807) is 35.2 Å². The molecule has 1 N–H and O–H groups in total. The summed E-state index contributed by atoms with van der Waals surface area (Å²) in [6.45, 7) is 2.01. The van der Waals surface area contributed by atoms with Gasteiger partial charge >= 0.3 is 0 Å². The van der Waals surface area contributed by atoms with E-state index < -0.39 is 6.04 Å². The smallest absolute Gasteiger partial charge is 0.277 e. The Morgan fingerprint density at radius 1 is 1.00 bits per heavy atom. The maximum Gasteiger partial charge on any atom is 0.277 e. The molecule has 0 unspecified atom stereocenters. The fourth-order valence-corrected chi connectivity index (χ4v) is 4.48. The van der Waals surface area contributed by atoms with Gasteiger partial charge in [0.15, 0.2) is 0 Å². The van der Waals surface area contributed by atoms with Crippen molar-refractivity contribution in [3.63, 3.8) is 0 Å². The van der Waals surface area contributed by atoms with Crippen molar-refractivity contribution < 1.29 is 9.18 Å². The third-order valence-corrected chi connectivity index (χ3v) is 6.02. The SMILES string of the molecule is Cc1ccc(-c2n[nH]c3c2[C@@H](c2ccc(Cl)cc2Cl)N(c2ccc(F)cc2)C3=O)cc1. The van der Waals surface area contributed by atoms with Crippen molar-refractivity contribution in [3.8, 4) is 11.3 Å². The molecule has 0 saturated heterocycles. The molecule has 1 amide bonds. The van der Waals surface area contributed by atoms with Crippen molar-refractivity contribution in [2.24, 2.45) is 0 Å². The number of H-pyrrole nitrogens is 1. The van der Waals surface area contributed by atoms with Crippen LogP contribution >= 0.6 is 23.2 Å². The Hall–Kier alpha value is -3.15. The molecule has 1 aliphatic heterocycles. The van der Waals surface area contributed by atoms with Gasteiger partial charge in [0.2, 0.25) is 0 Å². The van der Waals surface area contributed by atoms with Crippen molar-refractivity contribution >= 4 is 34.8 Å². The maximum atomic E-state index is 13.6. The molecule has 0 saturated carbocycles. The number of anilines is 1. The van der Waals surface area contributed by atoms with Crippen molar-refractivity contribution in [1.82, 2.24) is 10.2 Å². The van der Waals surface area contributed by atoms with Crippen LogP contribution in [-0.2, 0) is 0 Å². The highest BCUT2D eigenvalue weighted by Gasteiger charge is 2.43. The predicted octanol–water partition coefficient (Wildman–Crippen LogP) is 6.58. The van der Waals surface area contributed by atoms with Gasteiger partial charge in [-0.1, -0.05) is 59.1 Å². The summed E-state index contributed by atoms with van der Waals surface area (Å²) in [7, 11) is 0. The zero-order valence-electron chi connectivity index (χ0n) is 16.4. The van der Waals surface area contributed by atoms with Crippen molar-refractivity contribution in [2.45, 2.75) is 13.0 Å². The largest absolute Gasteiger partial charge is 0.295 e. The second-order valence-corrected chi connectivity index (χ2v) is 8.29. The third-order valence-electron chi connectivity index (χ3n) is 5.46. The number of halogens is 3. The molecule has 7 heteroatoms. The number of nitrogens with zero attached hydrogens (tertiary/aromatic N) is 2. The molecular formula is C24H16Cl2FN3O. The Kier molecular flexibility index (Phi) is 4.80. The molecule has 154 valence electrons. The van der Waals surface area contributed by atoms with E-state index in [9.17, 15) is 9.18 Å². The Morgan fingerprint density at radius 3 is 2.39 bits per heavy atom. The third kappa shape index (κ3) is 3.30. The van der Waals surface area contributed by atoms with Crippen LogP contribution in [0, 0.1) is 12.7 Å². The standard InChI is InChI=1S/C24H16Cl2FN3O/c1-13-2-4-14(5-3-13)21-20-22(29-28-21)24(31)30(17-9-7-16(27)8-10-17)23(20)18-11-6-15(25)12-19(18)26/h2-12,23H,1H3,(H,28,29)/t23-/m1/s1. The molecule has 4 aromatic rings. The summed E-state index contributed by atoms with van der Waals surface area (Å²) >= 11 is 12.7. The molecular weight excluding hydrogens is 436 g/mol. The van der Waals surface area contributed by atoms with Crippen LogP contribution in [-0.4, -0.2) is 16.1 Å². The number of benzene rings is 3. The van der Waals surface area contributed by atoms with E-state index in [0.29, 0.717) is 32.7 Å². The zero-order chi connectivity index (χ0) is 21.7. The van der Waals surface area contributed by atoms with E-state index in [-0.39, 0.29) is 11.7 Å². The molecule has 0 aliphatic carbocycles. The Balaban J connectivity index is 1.74.